The van der Waals surface area contributed by atoms with Gasteiger partial charge in [-0.2, -0.15) is 0 Å². The summed E-state index contributed by atoms with van der Waals surface area (Å²) >= 11 is 3.25. The maximum atomic E-state index is 12.7. The highest BCUT2D eigenvalue weighted by Crippen LogP contribution is 2.15. The van der Waals surface area contributed by atoms with E-state index in [4.69, 9.17) is 0 Å². The number of oxime groups is 1. The Balaban J connectivity index is 2.97. The molecule has 0 spiro atoms. The summed E-state index contributed by atoms with van der Waals surface area (Å²) in [5.41, 5.74) is 0.650. The molecule has 0 radical (unpaired) electrons. The molecule has 0 amide bonds. The third-order valence-electron chi connectivity index (χ3n) is 1.26. The molecule has 1 rings (SSSR count). The van der Waals surface area contributed by atoms with E-state index < -0.39 is 0 Å². The lowest BCUT2D eigenvalue weighted by atomic mass is 10.2. The van der Waals surface area contributed by atoms with Gasteiger partial charge < -0.3 is 4.84 Å². The zero-order valence-electron chi connectivity index (χ0n) is 6.42. The molecule has 0 saturated heterocycles. The molecule has 12 heavy (non-hydrogen) atoms. The van der Waals surface area contributed by atoms with Gasteiger partial charge in [0.15, 0.2) is 0 Å². The van der Waals surface area contributed by atoms with Crippen LogP contribution in [0.15, 0.2) is 27.8 Å². The standard InChI is InChI=1S/C8H7BrFNO/c1-12-11-5-6-4-7(10)2-3-8(6)9/h2-5H,1H3/b11-5+. The fraction of sp³-hybridized carbons (Fsp3) is 0.125. The first kappa shape index (κ1) is 9.19. The predicted molar refractivity (Wildman–Crippen MR) is 48.7 cm³/mol. The van der Waals surface area contributed by atoms with E-state index in [1.807, 2.05) is 0 Å². The van der Waals surface area contributed by atoms with Crippen LogP contribution in [-0.2, 0) is 4.84 Å². The lowest BCUT2D eigenvalue weighted by molar-refractivity contribution is 0.215. The number of hydrogen-bond acceptors (Lipinski definition) is 2. The van der Waals surface area contributed by atoms with Crippen molar-refractivity contribution in [1.29, 1.82) is 0 Å². The molecular weight excluding hydrogens is 225 g/mol. The fourth-order valence-electron chi connectivity index (χ4n) is 0.723. The Hall–Kier alpha value is -0.900. The topological polar surface area (TPSA) is 21.6 Å². The van der Waals surface area contributed by atoms with E-state index in [1.54, 1.807) is 6.07 Å². The molecule has 4 heteroatoms. The van der Waals surface area contributed by atoms with E-state index in [2.05, 4.69) is 25.9 Å². The van der Waals surface area contributed by atoms with Gasteiger partial charge >= 0.3 is 0 Å². The maximum Gasteiger partial charge on any atom is 0.123 e. The second kappa shape index (κ2) is 4.21. The zero-order valence-corrected chi connectivity index (χ0v) is 8.01. The average molecular weight is 232 g/mol. The zero-order chi connectivity index (χ0) is 8.97. The minimum Gasteiger partial charge on any atom is -0.399 e. The van der Waals surface area contributed by atoms with Crippen molar-refractivity contribution in [3.05, 3.63) is 34.1 Å². The van der Waals surface area contributed by atoms with Crippen molar-refractivity contribution >= 4 is 22.1 Å². The maximum absolute atomic E-state index is 12.7. The summed E-state index contributed by atoms with van der Waals surface area (Å²) in [5.74, 6) is -0.296. The summed E-state index contributed by atoms with van der Waals surface area (Å²) in [6.45, 7) is 0. The summed E-state index contributed by atoms with van der Waals surface area (Å²) in [7, 11) is 1.43. The second-order valence-electron chi connectivity index (χ2n) is 2.08. The smallest absolute Gasteiger partial charge is 0.123 e. The van der Waals surface area contributed by atoms with Crippen LogP contribution in [0.2, 0.25) is 0 Å². The van der Waals surface area contributed by atoms with Crippen molar-refractivity contribution in [2.45, 2.75) is 0 Å². The van der Waals surface area contributed by atoms with Crippen molar-refractivity contribution in [2.75, 3.05) is 7.11 Å². The molecule has 0 saturated carbocycles. The first-order valence-corrected chi connectivity index (χ1v) is 4.05. The van der Waals surface area contributed by atoms with Gasteiger partial charge in [0.2, 0.25) is 0 Å². The summed E-state index contributed by atoms with van der Waals surface area (Å²) in [5, 5.41) is 3.52. The molecule has 0 aliphatic heterocycles. The van der Waals surface area contributed by atoms with E-state index in [-0.39, 0.29) is 5.82 Å². The van der Waals surface area contributed by atoms with Crippen LogP contribution in [0.25, 0.3) is 0 Å². The summed E-state index contributed by atoms with van der Waals surface area (Å²) in [6.07, 6.45) is 1.44. The Labute approximate surface area is 78.2 Å². The van der Waals surface area contributed by atoms with Gasteiger partial charge in [-0.3, -0.25) is 0 Å². The Morgan fingerprint density at radius 1 is 1.58 bits per heavy atom. The average Bonchev–Trinajstić information content (AvgIpc) is 2.07. The van der Waals surface area contributed by atoms with Crippen molar-refractivity contribution in [2.24, 2.45) is 5.16 Å². The minimum absolute atomic E-state index is 0.296. The van der Waals surface area contributed by atoms with Gasteiger partial charge in [-0.25, -0.2) is 4.39 Å². The Morgan fingerprint density at radius 2 is 2.33 bits per heavy atom. The van der Waals surface area contributed by atoms with Crippen LogP contribution >= 0.6 is 15.9 Å². The van der Waals surface area contributed by atoms with E-state index in [9.17, 15) is 4.39 Å². The SMILES string of the molecule is CO/N=C/c1cc(F)ccc1Br. The van der Waals surface area contributed by atoms with Crippen LogP contribution in [-0.4, -0.2) is 13.3 Å². The highest BCUT2D eigenvalue weighted by atomic mass is 79.9. The molecule has 0 heterocycles. The number of benzene rings is 1. The van der Waals surface area contributed by atoms with E-state index in [0.29, 0.717) is 5.56 Å². The van der Waals surface area contributed by atoms with E-state index >= 15 is 0 Å². The molecule has 64 valence electrons. The van der Waals surface area contributed by atoms with E-state index in [0.717, 1.165) is 4.47 Å². The van der Waals surface area contributed by atoms with Crippen LogP contribution in [0.1, 0.15) is 5.56 Å². The molecule has 0 aliphatic carbocycles. The van der Waals surface area contributed by atoms with Crippen LogP contribution < -0.4 is 0 Å². The predicted octanol–water partition coefficient (Wildman–Crippen LogP) is 2.57. The minimum atomic E-state index is -0.296. The third-order valence-corrected chi connectivity index (χ3v) is 1.98. The van der Waals surface area contributed by atoms with Gasteiger partial charge in [0.1, 0.15) is 12.9 Å². The van der Waals surface area contributed by atoms with Gasteiger partial charge in [0.25, 0.3) is 0 Å². The van der Waals surface area contributed by atoms with E-state index in [1.165, 1.54) is 25.5 Å². The normalized spacial score (nSPS) is 10.6. The van der Waals surface area contributed by atoms with Crippen LogP contribution in [0, 0.1) is 5.82 Å². The summed E-state index contributed by atoms with van der Waals surface area (Å²) in [6, 6.07) is 4.35. The molecule has 1 aromatic rings. The molecule has 0 aliphatic rings. The van der Waals surface area contributed by atoms with Gasteiger partial charge in [-0.15, -0.1) is 0 Å². The lowest BCUT2D eigenvalue weighted by Gasteiger charge is -1.96. The Morgan fingerprint density at radius 3 is 3.00 bits per heavy atom. The highest BCUT2D eigenvalue weighted by Gasteiger charge is 1.97. The van der Waals surface area contributed by atoms with Crippen molar-refractivity contribution in [3.8, 4) is 0 Å². The largest absolute Gasteiger partial charge is 0.399 e. The molecule has 0 bridgehead atoms. The molecule has 0 N–H and O–H groups in total. The van der Waals surface area contributed by atoms with Crippen LogP contribution in [0.3, 0.4) is 0 Å². The summed E-state index contributed by atoms with van der Waals surface area (Å²) in [4.78, 5) is 4.47. The first-order chi connectivity index (χ1) is 5.74. The third kappa shape index (κ3) is 2.30. The van der Waals surface area contributed by atoms with Gasteiger partial charge in [-0.1, -0.05) is 21.1 Å². The first-order valence-electron chi connectivity index (χ1n) is 3.25. The number of halogens is 2. The summed E-state index contributed by atoms with van der Waals surface area (Å²) < 4.78 is 13.4. The van der Waals surface area contributed by atoms with Crippen LogP contribution in [0.4, 0.5) is 4.39 Å². The van der Waals surface area contributed by atoms with Gasteiger partial charge in [0.05, 0.1) is 6.21 Å². The van der Waals surface area contributed by atoms with Crippen molar-refractivity contribution in [1.82, 2.24) is 0 Å². The molecule has 0 unspecified atom stereocenters. The Kier molecular flexibility index (Phi) is 3.22. The van der Waals surface area contributed by atoms with Crippen molar-refractivity contribution in [3.63, 3.8) is 0 Å². The highest BCUT2D eigenvalue weighted by molar-refractivity contribution is 9.10. The monoisotopic (exact) mass is 231 g/mol. The molecule has 0 aromatic heterocycles. The molecule has 0 fully saturated rings. The fourth-order valence-corrected chi connectivity index (χ4v) is 1.07. The lowest BCUT2D eigenvalue weighted by Crippen LogP contribution is -1.85. The molecule has 1 aromatic carbocycles. The van der Waals surface area contributed by atoms with Gasteiger partial charge in [-0.05, 0) is 18.2 Å². The molecule has 2 nitrogen and oxygen atoms in total. The molecular formula is C8H7BrFNO. The van der Waals surface area contributed by atoms with Crippen LogP contribution in [0.5, 0.6) is 0 Å². The number of hydrogen-bond donors (Lipinski definition) is 0. The Bertz CT molecular complexity index is 301. The second-order valence-corrected chi connectivity index (χ2v) is 2.94. The van der Waals surface area contributed by atoms with Gasteiger partial charge in [0, 0.05) is 10.0 Å². The number of rotatable bonds is 2. The quantitative estimate of drug-likeness (QED) is 0.567. The van der Waals surface area contributed by atoms with Crippen molar-refractivity contribution < 1.29 is 9.23 Å². The molecule has 0 atom stereocenters. The number of nitrogens with zero attached hydrogens (tertiary/aromatic N) is 1.